The number of nitrogen functional groups attached to an aromatic ring is 1. The maximum Gasteiger partial charge on any atom is 0.134 e. The predicted octanol–water partition coefficient (Wildman–Crippen LogP) is 1.97. The van der Waals surface area contributed by atoms with Gasteiger partial charge in [-0.2, -0.15) is 0 Å². The molecule has 3 N–H and O–H groups in total. The summed E-state index contributed by atoms with van der Waals surface area (Å²) >= 11 is 0. The van der Waals surface area contributed by atoms with Crippen molar-refractivity contribution in [3.05, 3.63) is 11.9 Å². The molecule has 15 heavy (non-hydrogen) atoms. The first-order valence-electron chi connectivity index (χ1n) is 5.58. The van der Waals surface area contributed by atoms with Gasteiger partial charge in [0.15, 0.2) is 0 Å². The van der Waals surface area contributed by atoms with E-state index in [1.165, 1.54) is 32.0 Å². The summed E-state index contributed by atoms with van der Waals surface area (Å²) in [4.78, 5) is 8.11. The van der Waals surface area contributed by atoms with E-state index in [1.807, 2.05) is 6.92 Å². The number of aromatic nitrogens is 2. The number of nitrogens with one attached hydrogen (secondary N) is 1. The summed E-state index contributed by atoms with van der Waals surface area (Å²) in [6.45, 7) is 2.93. The van der Waals surface area contributed by atoms with E-state index in [0.717, 1.165) is 23.8 Å². The van der Waals surface area contributed by atoms with Crippen LogP contribution in [0.5, 0.6) is 0 Å². The van der Waals surface area contributed by atoms with Crippen LogP contribution in [0.1, 0.15) is 31.2 Å². The van der Waals surface area contributed by atoms with Crippen LogP contribution in [-0.2, 0) is 0 Å². The maximum absolute atomic E-state index is 5.70. The number of nitrogens with two attached hydrogens (primary N) is 1. The summed E-state index contributed by atoms with van der Waals surface area (Å²) in [5, 5.41) is 3.32. The van der Waals surface area contributed by atoms with E-state index < -0.39 is 0 Å². The molecule has 1 aliphatic rings. The third kappa shape index (κ3) is 2.37. The SMILES string of the molecule is Cc1c(N)ncnc1NCCC1CCC1. The largest absolute Gasteiger partial charge is 0.383 e. The molecule has 0 atom stereocenters. The Balaban J connectivity index is 1.84. The van der Waals surface area contributed by atoms with Gasteiger partial charge in [-0.25, -0.2) is 9.97 Å². The summed E-state index contributed by atoms with van der Waals surface area (Å²) in [5.41, 5.74) is 6.65. The zero-order valence-electron chi connectivity index (χ0n) is 9.16. The van der Waals surface area contributed by atoms with Crippen LogP contribution < -0.4 is 11.1 Å². The lowest BCUT2D eigenvalue weighted by atomic mass is 9.83. The van der Waals surface area contributed by atoms with Gasteiger partial charge in [-0.05, 0) is 19.3 Å². The van der Waals surface area contributed by atoms with E-state index in [0.29, 0.717) is 5.82 Å². The Morgan fingerprint density at radius 3 is 2.93 bits per heavy atom. The Morgan fingerprint density at radius 1 is 1.47 bits per heavy atom. The lowest BCUT2D eigenvalue weighted by Gasteiger charge is -2.25. The molecular weight excluding hydrogens is 188 g/mol. The standard InChI is InChI=1S/C11H18N4/c1-8-10(12)14-7-15-11(8)13-6-5-9-3-2-4-9/h7,9H,2-6H2,1H3,(H3,12,13,14,15). The summed E-state index contributed by atoms with van der Waals surface area (Å²) in [5.74, 6) is 2.37. The second-order valence-corrected chi connectivity index (χ2v) is 4.24. The van der Waals surface area contributed by atoms with Gasteiger partial charge in [0, 0.05) is 12.1 Å². The number of rotatable bonds is 4. The van der Waals surface area contributed by atoms with E-state index in [9.17, 15) is 0 Å². The van der Waals surface area contributed by atoms with Crippen LogP contribution in [0.15, 0.2) is 6.33 Å². The van der Waals surface area contributed by atoms with Gasteiger partial charge in [-0.1, -0.05) is 19.3 Å². The highest BCUT2D eigenvalue weighted by Gasteiger charge is 2.16. The van der Waals surface area contributed by atoms with Crippen molar-refractivity contribution in [2.45, 2.75) is 32.6 Å². The van der Waals surface area contributed by atoms with Crippen LogP contribution in [-0.4, -0.2) is 16.5 Å². The average molecular weight is 206 g/mol. The van der Waals surface area contributed by atoms with Crippen molar-refractivity contribution in [3.63, 3.8) is 0 Å². The molecule has 0 aromatic carbocycles. The topological polar surface area (TPSA) is 63.8 Å². The molecule has 0 unspecified atom stereocenters. The third-order valence-electron chi connectivity index (χ3n) is 3.19. The number of anilines is 2. The second kappa shape index (κ2) is 4.47. The first-order chi connectivity index (χ1) is 7.27. The van der Waals surface area contributed by atoms with Crippen molar-refractivity contribution in [3.8, 4) is 0 Å². The molecule has 0 saturated heterocycles. The van der Waals surface area contributed by atoms with Crippen molar-refractivity contribution in [1.29, 1.82) is 0 Å². The fourth-order valence-electron chi connectivity index (χ4n) is 1.82. The molecule has 1 aromatic heterocycles. The van der Waals surface area contributed by atoms with Crippen molar-refractivity contribution < 1.29 is 0 Å². The fraction of sp³-hybridized carbons (Fsp3) is 0.636. The lowest BCUT2D eigenvalue weighted by Crippen LogP contribution is -2.16. The predicted molar refractivity (Wildman–Crippen MR) is 61.6 cm³/mol. The van der Waals surface area contributed by atoms with Crippen molar-refractivity contribution in [2.75, 3.05) is 17.6 Å². The molecule has 1 saturated carbocycles. The lowest BCUT2D eigenvalue weighted by molar-refractivity contribution is 0.303. The summed E-state index contributed by atoms with van der Waals surface area (Å²) in [6.07, 6.45) is 6.95. The van der Waals surface area contributed by atoms with Gasteiger partial charge in [0.2, 0.25) is 0 Å². The Bertz CT molecular complexity index is 333. The maximum atomic E-state index is 5.70. The van der Waals surface area contributed by atoms with Crippen molar-refractivity contribution in [1.82, 2.24) is 9.97 Å². The number of hydrogen-bond donors (Lipinski definition) is 2. The highest BCUT2D eigenvalue weighted by Crippen LogP contribution is 2.29. The molecule has 2 rings (SSSR count). The molecule has 0 spiro atoms. The molecule has 0 amide bonds. The Hall–Kier alpha value is -1.32. The highest BCUT2D eigenvalue weighted by molar-refractivity contribution is 5.53. The van der Waals surface area contributed by atoms with Crippen molar-refractivity contribution >= 4 is 11.6 Å². The van der Waals surface area contributed by atoms with Crippen LogP contribution in [0, 0.1) is 12.8 Å². The first-order valence-corrected chi connectivity index (χ1v) is 5.58. The average Bonchev–Trinajstić information content (AvgIpc) is 2.16. The van der Waals surface area contributed by atoms with Gasteiger partial charge in [0.25, 0.3) is 0 Å². The minimum Gasteiger partial charge on any atom is -0.383 e. The zero-order valence-corrected chi connectivity index (χ0v) is 9.16. The monoisotopic (exact) mass is 206 g/mol. The van der Waals surface area contributed by atoms with Crippen LogP contribution in [0.2, 0.25) is 0 Å². The molecule has 4 heteroatoms. The second-order valence-electron chi connectivity index (χ2n) is 4.24. The van der Waals surface area contributed by atoms with E-state index >= 15 is 0 Å². The minimum absolute atomic E-state index is 0.566. The Morgan fingerprint density at radius 2 is 2.27 bits per heavy atom. The van der Waals surface area contributed by atoms with E-state index in [4.69, 9.17) is 5.73 Å². The normalized spacial score (nSPS) is 16.1. The van der Waals surface area contributed by atoms with Crippen LogP contribution in [0.4, 0.5) is 11.6 Å². The van der Waals surface area contributed by atoms with E-state index in [1.54, 1.807) is 0 Å². The smallest absolute Gasteiger partial charge is 0.134 e. The molecular formula is C11H18N4. The minimum atomic E-state index is 0.566. The van der Waals surface area contributed by atoms with Gasteiger partial charge in [0.1, 0.15) is 18.0 Å². The molecule has 0 aliphatic heterocycles. The molecule has 0 bridgehead atoms. The highest BCUT2D eigenvalue weighted by atomic mass is 15.0. The quantitative estimate of drug-likeness (QED) is 0.790. The van der Waals surface area contributed by atoms with E-state index in [-0.39, 0.29) is 0 Å². The van der Waals surface area contributed by atoms with Gasteiger partial charge >= 0.3 is 0 Å². The van der Waals surface area contributed by atoms with Crippen LogP contribution in [0.25, 0.3) is 0 Å². The van der Waals surface area contributed by atoms with E-state index in [2.05, 4.69) is 15.3 Å². The van der Waals surface area contributed by atoms with Gasteiger partial charge in [0.05, 0.1) is 0 Å². The fourth-order valence-corrected chi connectivity index (χ4v) is 1.82. The summed E-state index contributed by atoms with van der Waals surface area (Å²) in [7, 11) is 0. The number of hydrogen-bond acceptors (Lipinski definition) is 4. The Kier molecular flexibility index (Phi) is 3.04. The van der Waals surface area contributed by atoms with Crippen molar-refractivity contribution in [2.24, 2.45) is 5.92 Å². The molecule has 1 aliphatic carbocycles. The molecule has 0 radical (unpaired) electrons. The number of nitrogens with zero attached hydrogens (tertiary/aromatic N) is 2. The molecule has 4 nitrogen and oxygen atoms in total. The van der Waals surface area contributed by atoms with Crippen LogP contribution >= 0.6 is 0 Å². The third-order valence-corrected chi connectivity index (χ3v) is 3.19. The molecule has 1 fully saturated rings. The first kappa shape index (κ1) is 10.2. The molecule has 1 aromatic rings. The molecule has 1 heterocycles. The Labute approximate surface area is 90.3 Å². The van der Waals surface area contributed by atoms with Gasteiger partial charge in [-0.15, -0.1) is 0 Å². The van der Waals surface area contributed by atoms with Crippen LogP contribution in [0.3, 0.4) is 0 Å². The zero-order chi connectivity index (χ0) is 10.7. The molecule has 82 valence electrons. The summed E-state index contributed by atoms with van der Waals surface area (Å²) in [6, 6.07) is 0. The van der Waals surface area contributed by atoms with Gasteiger partial charge < -0.3 is 11.1 Å². The summed E-state index contributed by atoms with van der Waals surface area (Å²) < 4.78 is 0. The van der Waals surface area contributed by atoms with Gasteiger partial charge in [-0.3, -0.25) is 0 Å².